The highest BCUT2D eigenvalue weighted by Crippen LogP contribution is 2.14. The minimum atomic E-state index is -0.189. The molecule has 2 aromatic rings. The Balaban J connectivity index is 1.63. The largest absolute Gasteiger partial charge is 0.508 e. The number of benzene rings is 2. The summed E-state index contributed by atoms with van der Waals surface area (Å²) in [6, 6.07) is 13.3. The van der Waals surface area contributed by atoms with Crippen molar-refractivity contribution in [3.63, 3.8) is 0 Å². The minimum Gasteiger partial charge on any atom is -0.508 e. The molecule has 22 heavy (non-hydrogen) atoms. The topological polar surface area (TPSA) is 49.3 Å². The average Bonchev–Trinajstić information content (AvgIpc) is 2.51. The van der Waals surface area contributed by atoms with E-state index < -0.39 is 0 Å². The number of phenols is 1. The standard InChI is InChI=1S/C17H18FNO2S/c18-16-4-2-1-3-14(16)12-22-10-9-19-17(21)11-13-5-7-15(20)8-6-13/h1-8,20H,9-12H2,(H,19,21). The summed E-state index contributed by atoms with van der Waals surface area (Å²) < 4.78 is 13.4. The van der Waals surface area contributed by atoms with Crippen molar-refractivity contribution in [3.05, 3.63) is 65.5 Å². The molecule has 0 aliphatic carbocycles. The van der Waals surface area contributed by atoms with Crippen molar-refractivity contribution in [1.82, 2.24) is 5.32 Å². The second-order valence-corrected chi connectivity index (χ2v) is 5.94. The summed E-state index contributed by atoms with van der Waals surface area (Å²) in [5, 5.41) is 12.0. The summed E-state index contributed by atoms with van der Waals surface area (Å²) >= 11 is 1.58. The van der Waals surface area contributed by atoms with Gasteiger partial charge in [-0.1, -0.05) is 30.3 Å². The number of hydrogen-bond acceptors (Lipinski definition) is 3. The molecule has 0 atom stereocenters. The van der Waals surface area contributed by atoms with E-state index in [1.165, 1.54) is 6.07 Å². The molecular weight excluding hydrogens is 301 g/mol. The lowest BCUT2D eigenvalue weighted by Gasteiger charge is -2.06. The lowest BCUT2D eigenvalue weighted by Crippen LogP contribution is -2.27. The summed E-state index contributed by atoms with van der Waals surface area (Å²) in [4.78, 5) is 11.7. The molecule has 2 N–H and O–H groups in total. The van der Waals surface area contributed by atoms with E-state index in [-0.39, 0.29) is 23.9 Å². The molecule has 0 aliphatic heterocycles. The monoisotopic (exact) mass is 319 g/mol. The van der Waals surface area contributed by atoms with Crippen LogP contribution >= 0.6 is 11.8 Å². The summed E-state index contributed by atoms with van der Waals surface area (Å²) in [5.74, 6) is 1.27. The van der Waals surface area contributed by atoms with Crippen LogP contribution in [0.25, 0.3) is 0 Å². The molecule has 0 radical (unpaired) electrons. The maximum Gasteiger partial charge on any atom is 0.224 e. The SMILES string of the molecule is O=C(Cc1ccc(O)cc1)NCCSCc1ccccc1F. The Kier molecular flexibility index (Phi) is 6.27. The molecule has 0 unspecified atom stereocenters. The summed E-state index contributed by atoms with van der Waals surface area (Å²) in [6.07, 6.45) is 0.290. The predicted molar refractivity (Wildman–Crippen MR) is 87.4 cm³/mol. The Bertz CT molecular complexity index is 616. The van der Waals surface area contributed by atoms with E-state index in [0.29, 0.717) is 17.9 Å². The van der Waals surface area contributed by atoms with E-state index in [9.17, 15) is 14.3 Å². The van der Waals surface area contributed by atoms with Crippen LogP contribution in [0.1, 0.15) is 11.1 Å². The number of rotatable bonds is 7. The van der Waals surface area contributed by atoms with Gasteiger partial charge in [-0.25, -0.2) is 4.39 Å². The molecule has 0 fully saturated rings. The van der Waals surface area contributed by atoms with Crippen LogP contribution in [0.2, 0.25) is 0 Å². The molecule has 0 heterocycles. The van der Waals surface area contributed by atoms with Crippen molar-refractivity contribution in [2.45, 2.75) is 12.2 Å². The number of nitrogens with one attached hydrogen (secondary N) is 1. The van der Waals surface area contributed by atoms with Crippen molar-refractivity contribution in [1.29, 1.82) is 0 Å². The number of halogens is 1. The quantitative estimate of drug-likeness (QED) is 0.771. The lowest BCUT2D eigenvalue weighted by atomic mass is 10.1. The molecular formula is C17H18FNO2S. The fourth-order valence-electron chi connectivity index (χ4n) is 1.92. The van der Waals surface area contributed by atoms with Gasteiger partial charge in [0.25, 0.3) is 0 Å². The third kappa shape index (κ3) is 5.41. The van der Waals surface area contributed by atoms with Crippen molar-refractivity contribution >= 4 is 17.7 Å². The molecule has 116 valence electrons. The van der Waals surface area contributed by atoms with Gasteiger partial charge in [0.15, 0.2) is 0 Å². The van der Waals surface area contributed by atoms with Crippen LogP contribution < -0.4 is 5.32 Å². The second kappa shape index (κ2) is 8.44. The molecule has 0 aromatic heterocycles. The minimum absolute atomic E-state index is 0.0582. The first-order valence-corrected chi connectivity index (χ1v) is 8.16. The van der Waals surface area contributed by atoms with Crippen LogP contribution in [-0.4, -0.2) is 23.3 Å². The number of amides is 1. The molecule has 0 aliphatic rings. The predicted octanol–water partition coefficient (Wildman–Crippen LogP) is 3.12. The first-order chi connectivity index (χ1) is 10.6. The highest BCUT2D eigenvalue weighted by atomic mass is 32.2. The summed E-state index contributed by atoms with van der Waals surface area (Å²) in [5.41, 5.74) is 1.54. The molecule has 2 aromatic carbocycles. The average molecular weight is 319 g/mol. The number of phenolic OH excluding ortho intramolecular Hbond substituents is 1. The first kappa shape index (κ1) is 16.4. The third-order valence-corrected chi connectivity index (χ3v) is 4.09. The molecule has 3 nitrogen and oxygen atoms in total. The van der Waals surface area contributed by atoms with Gasteiger partial charge in [0.05, 0.1) is 6.42 Å². The van der Waals surface area contributed by atoms with Gasteiger partial charge in [0.2, 0.25) is 5.91 Å². The highest BCUT2D eigenvalue weighted by molar-refractivity contribution is 7.98. The highest BCUT2D eigenvalue weighted by Gasteiger charge is 2.04. The Morgan fingerprint density at radius 2 is 1.86 bits per heavy atom. The van der Waals surface area contributed by atoms with Crippen LogP contribution in [0.3, 0.4) is 0 Å². The fourth-order valence-corrected chi connectivity index (χ4v) is 2.77. The second-order valence-electron chi connectivity index (χ2n) is 4.84. The Hall–Kier alpha value is -2.01. The van der Waals surface area contributed by atoms with Crippen LogP contribution in [0, 0.1) is 5.82 Å². The smallest absolute Gasteiger partial charge is 0.224 e. The van der Waals surface area contributed by atoms with Crippen LogP contribution in [-0.2, 0) is 17.0 Å². The van der Waals surface area contributed by atoms with E-state index in [4.69, 9.17) is 0 Å². The molecule has 0 saturated heterocycles. The van der Waals surface area contributed by atoms with E-state index in [2.05, 4.69) is 5.32 Å². The van der Waals surface area contributed by atoms with Crippen molar-refractivity contribution in [2.24, 2.45) is 0 Å². The van der Waals surface area contributed by atoms with Gasteiger partial charge in [-0.3, -0.25) is 4.79 Å². The van der Waals surface area contributed by atoms with Gasteiger partial charge in [-0.2, -0.15) is 11.8 Å². The van der Waals surface area contributed by atoms with Gasteiger partial charge in [-0.15, -0.1) is 0 Å². The molecule has 0 bridgehead atoms. The third-order valence-electron chi connectivity index (χ3n) is 3.08. The van der Waals surface area contributed by atoms with E-state index in [1.807, 2.05) is 6.07 Å². The van der Waals surface area contributed by atoms with Crippen LogP contribution in [0.5, 0.6) is 5.75 Å². The van der Waals surface area contributed by atoms with E-state index >= 15 is 0 Å². The van der Waals surface area contributed by atoms with Crippen molar-refractivity contribution < 1.29 is 14.3 Å². The summed E-state index contributed by atoms with van der Waals surface area (Å²) in [6.45, 7) is 0.552. The van der Waals surface area contributed by atoms with Crippen molar-refractivity contribution in [3.8, 4) is 5.75 Å². The molecule has 0 spiro atoms. The molecule has 2 rings (SSSR count). The number of carbonyl (C=O) groups is 1. The maximum atomic E-state index is 13.4. The van der Waals surface area contributed by atoms with Crippen molar-refractivity contribution in [2.75, 3.05) is 12.3 Å². The zero-order chi connectivity index (χ0) is 15.8. The molecule has 5 heteroatoms. The Morgan fingerprint density at radius 1 is 1.14 bits per heavy atom. The number of carbonyl (C=O) groups excluding carboxylic acids is 1. The van der Waals surface area contributed by atoms with Gasteiger partial charge in [0.1, 0.15) is 11.6 Å². The normalized spacial score (nSPS) is 10.4. The van der Waals surface area contributed by atoms with Crippen LogP contribution in [0.15, 0.2) is 48.5 Å². The Morgan fingerprint density at radius 3 is 2.59 bits per heavy atom. The number of hydrogen-bond donors (Lipinski definition) is 2. The van der Waals surface area contributed by atoms with Gasteiger partial charge < -0.3 is 10.4 Å². The van der Waals surface area contributed by atoms with E-state index in [0.717, 1.165) is 11.3 Å². The van der Waals surface area contributed by atoms with Gasteiger partial charge in [-0.05, 0) is 29.3 Å². The zero-order valence-electron chi connectivity index (χ0n) is 12.1. The first-order valence-electron chi connectivity index (χ1n) is 7.01. The fraction of sp³-hybridized carbons (Fsp3) is 0.235. The molecule has 1 amide bonds. The Labute approximate surface area is 133 Å². The maximum absolute atomic E-state index is 13.4. The number of thioether (sulfide) groups is 1. The van der Waals surface area contributed by atoms with Gasteiger partial charge >= 0.3 is 0 Å². The lowest BCUT2D eigenvalue weighted by molar-refractivity contribution is -0.120. The van der Waals surface area contributed by atoms with E-state index in [1.54, 1.807) is 48.2 Å². The number of aromatic hydroxyl groups is 1. The van der Waals surface area contributed by atoms with Crippen LogP contribution in [0.4, 0.5) is 4.39 Å². The van der Waals surface area contributed by atoms with Gasteiger partial charge in [0, 0.05) is 18.1 Å². The summed E-state index contributed by atoms with van der Waals surface area (Å²) in [7, 11) is 0. The zero-order valence-corrected chi connectivity index (χ0v) is 12.9. The molecule has 0 saturated carbocycles.